The van der Waals surface area contributed by atoms with Crippen molar-refractivity contribution in [2.45, 2.75) is 6.92 Å². The zero-order valence-electron chi connectivity index (χ0n) is 9.96. The molecule has 8 heteroatoms. The minimum Gasteiger partial charge on any atom is -0.370 e. The SMILES string of the molecule is CCS(=O)(=O)CCN=C(N)N1CCSCC1.I. The van der Waals surface area contributed by atoms with E-state index >= 15 is 0 Å². The molecule has 2 N–H and O–H groups in total. The Morgan fingerprint density at radius 2 is 2.00 bits per heavy atom. The van der Waals surface area contributed by atoms with Gasteiger partial charge in [0.05, 0.1) is 12.3 Å². The molecule has 5 nitrogen and oxygen atoms in total. The zero-order chi connectivity index (χ0) is 12.0. The minimum atomic E-state index is -2.93. The van der Waals surface area contributed by atoms with E-state index in [4.69, 9.17) is 5.73 Å². The second-order valence-electron chi connectivity index (χ2n) is 3.58. The van der Waals surface area contributed by atoms with Crippen molar-refractivity contribution in [3.05, 3.63) is 0 Å². The maximum Gasteiger partial charge on any atom is 0.191 e. The predicted octanol–water partition coefficient (Wildman–Crippen LogP) is 0.403. The molecule has 1 aliphatic rings. The van der Waals surface area contributed by atoms with Crippen LogP contribution in [-0.2, 0) is 9.84 Å². The van der Waals surface area contributed by atoms with E-state index in [1.54, 1.807) is 6.92 Å². The first-order chi connectivity index (χ1) is 7.55. The molecule has 17 heavy (non-hydrogen) atoms. The van der Waals surface area contributed by atoms with Gasteiger partial charge in [0.1, 0.15) is 0 Å². The second-order valence-corrected chi connectivity index (χ2v) is 7.27. The molecule has 0 aromatic rings. The summed E-state index contributed by atoms with van der Waals surface area (Å²) in [5.74, 6) is 2.86. The Labute approximate surface area is 125 Å². The molecule has 1 fully saturated rings. The van der Waals surface area contributed by atoms with Gasteiger partial charge in [-0.2, -0.15) is 11.8 Å². The van der Waals surface area contributed by atoms with Gasteiger partial charge < -0.3 is 10.6 Å². The van der Waals surface area contributed by atoms with Gasteiger partial charge in [-0.15, -0.1) is 24.0 Å². The number of nitrogens with two attached hydrogens (primary N) is 1. The third kappa shape index (κ3) is 6.70. The van der Waals surface area contributed by atoms with E-state index in [0.717, 1.165) is 24.6 Å². The fourth-order valence-corrected chi connectivity index (χ4v) is 2.90. The fraction of sp³-hybridized carbons (Fsp3) is 0.889. The molecule has 0 amide bonds. The summed E-state index contributed by atoms with van der Waals surface area (Å²) < 4.78 is 22.5. The van der Waals surface area contributed by atoms with Gasteiger partial charge >= 0.3 is 0 Å². The Bertz CT molecular complexity index is 340. The van der Waals surface area contributed by atoms with Crippen LogP contribution < -0.4 is 5.73 Å². The summed E-state index contributed by atoms with van der Waals surface area (Å²) in [4.78, 5) is 6.12. The van der Waals surface area contributed by atoms with E-state index in [0.29, 0.717) is 5.96 Å². The summed E-state index contributed by atoms with van der Waals surface area (Å²) in [6.07, 6.45) is 0. The maximum atomic E-state index is 11.2. The smallest absolute Gasteiger partial charge is 0.191 e. The van der Waals surface area contributed by atoms with E-state index in [9.17, 15) is 8.42 Å². The van der Waals surface area contributed by atoms with Crippen LogP contribution in [0, 0.1) is 0 Å². The Balaban J connectivity index is 0.00000256. The highest BCUT2D eigenvalue weighted by Gasteiger charge is 2.12. The highest BCUT2D eigenvalue weighted by Crippen LogP contribution is 2.08. The Kier molecular flexibility index (Phi) is 8.56. The van der Waals surface area contributed by atoms with E-state index in [-0.39, 0.29) is 42.0 Å². The molecule has 0 aromatic carbocycles. The number of thioether (sulfide) groups is 1. The lowest BCUT2D eigenvalue weighted by atomic mass is 10.5. The molecule has 0 aromatic heterocycles. The van der Waals surface area contributed by atoms with Crippen LogP contribution in [0.3, 0.4) is 0 Å². The van der Waals surface area contributed by atoms with Crippen LogP contribution in [0.2, 0.25) is 0 Å². The Hall–Kier alpha value is 0.300. The maximum absolute atomic E-state index is 11.2. The van der Waals surface area contributed by atoms with Crippen LogP contribution in [0.5, 0.6) is 0 Å². The first kappa shape index (κ1) is 17.3. The molecule has 0 unspecified atom stereocenters. The number of hydrogen-bond donors (Lipinski definition) is 1. The summed E-state index contributed by atoms with van der Waals surface area (Å²) in [6, 6.07) is 0. The molecular formula is C9H20IN3O2S2. The van der Waals surface area contributed by atoms with Crippen molar-refractivity contribution in [1.82, 2.24) is 4.90 Å². The normalized spacial score (nSPS) is 17.7. The van der Waals surface area contributed by atoms with Gasteiger partial charge in [-0.1, -0.05) is 6.92 Å². The van der Waals surface area contributed by atoms with Crippen LogP contribution in [0.25, 0.3) is 0 Å². The first-order valence-corrected chi connectivity index (χ1v) is 8.36. The lowest BCUT2D eigenvalue weighted by Gasteiger charge is -2.27. The molecular weight excluding hydrogens is 373 g/mol. The number of hydrogen-bond acceptors (Lipinski definition) is 4. The zero-order valence-corrected chi connectivity index (χ0v) is 13.9. The molecule has 0 bridgehead atoms. The van der Waals surface area contributed by atoms with Crippen molar-refractivity contribution in [3.8, 4) is 0 Å². The fourth-order valence-electron chi connectivity index (χ4n) is 1.34. The van der Waals surface area contributed by atoms with Crippen molar-refractivity contribution in [1.29, 1.82) is 0 Å². The van der Waals surface area contributed by atoms with E-state index < -0.39 is 9.84 Å². The van der Waals surface area contributed by atoms with Gasteiger partial charge in [-0.25, -0.2) is 8.42 Å². The Morgan fingerprint density at radius 1 is 1.41 bits per heavy atom. The van der Waals surface area contributed by atoms with Crippen molar-refractivity contribution >= 4 is 51.5 Å². The number of sulfone groups is 1. The molecule has 0 spiro atoms. The minimum absolute atomic E-state index is 0. The lowest BCUT2D eigenvalue weighted by molar-refractivity contribution is 0.456. The molecule has 0 radical (unpaired) electrons. The molecule has 0 atom stereocenters. The monoisotopic (exact) mass is 393 g/mol. The number of halogens is 1. The standard InChI is InChI=1S/C9H19N3O2S2.HI/c1-2-16(13,14)8-3-11-9(10)12-4-6-15-7-5-12;/h2-8H2,1H3,(H2,10,11);1H. The van der Waals surface area contributed by atoms with E-state index in [2.05, 4.69) is 4.99 Å². The molecule has 0 aliphatic carbocycles. The van der Waals surface area contributed by atoms with Crippen molar-refractivity contribution < 1.29 is 8.42 Å². The Morgan fingerprint density at radius 3 is 2.53 bits per heavy atom. The molecule has 102 valence electrons. The third-order valence-corrected chi connectivity index (χ3v) is 5.08. The first-order valence-electron chi connectivity index (χ1n) is 5.38. The van der Waals surface area contributed by atoms with Crippen LogP contribution in [0.4, 0.5) is 0 Å². The average Bonchev–Trinajstić information content (AvgIpc) is 2.30. The number of nitrogens with zero attached hydrogens (tertiary/aromatic N) is 2. The van der Waals surface area contributed by atoms with Crippen LogP contribution >= 0.6 is 35.7 Å². The molecule has 1 rings (SSSR count). The van der Waals surface area contributed by atoms with Crippen LogP contribution in [0.1, 0.15) is 6.92 Å². The number of aliphatic imine (C=N–C) groups is 1. The van der Waals surface area contributed by atoms with E-state index in [1.807, 2.05) is 16.7 Å². The lowest BCUT2D eigenvalue weighted by Crippen LogP contribution is -2.42. The van der Waals surface area contributed by atoms with Crippen molar-refractivity contribution in [2.75, 3.05) is 42.6 Å². The largest absolute Gasteiger partial charge is 0.370 e. The molecule has 1 aliphatic heterocycles. The summed E-state index contributed by atoms with van der Waals surface area (Å²) in [6.45, 7) is 3.72. The van der Waals surface area contributed by atoms with E-state index in [1.165, 1.54) is 0 Å². The quantitative estimate of drug-likeness (QED) is 0.425. The third-order valence-electron chi connectivity index (χ3n) is 2.45. The number of rotatable bonds is 4. The highest BCUT2D eigenvalue weighted by atomic mass is 127. The average molecular weight is 393 g/mol. The van der Waals surface area contributed by atoms with Gasteiger partial charge in [0.15, 0.2) is 15.8 Å². The van der Waals surface area contributed by atoms with Gasteiger partial charge in [0.2, 0.25) is 0 Å². The predicted molar refractivity (Wildman–Crippen MR) is 85.1 cm³/mol. The van der Waals surface area contributed by atoms with Crippen LogP contribution in [0.15, 0.2) is 4.99 Å². The van der Waals surface area contributed by atoms with Crippen LogP contribution in [-0.4, -0.2) is 61.9 Å². The number of guanidine groups is 1. The molecule has 0 saturated carbocycles. The molecule has 1 saturated heterocycles. The molecule has 1 heterocycles. The topological polar surface area (TPSA) is 75.8 Å². The van der Waals surface area contributed by atoms with Gasteiger partial charge in [0.25, 0.3) is 0 Å². The summed E-state index contributed by atoms with van der Waals surface area (Å²) in [5, 5.41) is 0. The van der Waals surface area contributed by atoms with Gasteiger partial charge in [-0.3, -0.25) is 4.99 Å². The highest BCUT2D eigenvalue weighted by molar-refractivity contribution is 14.0. The second kappa shape index (κ2) is 8.41. The summed E-state index contributed by atoms with van der Waals surface area (Å²) in [7, 11) is -2.93. The summed E-state index contributed by atoms with van der Waals surface area (Å²) >= 11 is 1.90. The van der Waals surface area contributed by atoms with Crippen molar-refractivity contribution in [2.24, 2.45) is 10.7 Å². The van der Waals surface area contributed by atoms with Gasteiger partial charge in [-0.05, 0) is 0 Å². The van der Waals surface area contributed by atoms with Crippen molar-refractivity contribution in [3.63, 3.8) is 0 Å². The summed E-state index contributed by atoms with van der Waals surface area (Å²) in [5.41, 5.74) is 5.79. The van der Waals surface area contributed by atoms with Gasteiger partial charge in [0, 0.05) is 30.3 Å².